The van der Waals surface area contributed by atoms with Gasteiger partial charge in [0.05, 0.1) is 25.4 Å². The largest absolute Gasteiger partial charge is 0.394 e. The number of aliphatic hydroxyl groups excluding tert-OH is 5. The zero-order valence-corrected chi connectivity index (χ0v) is 57.6. The molecule has 0 aromatic carbocycles. The topological polar surface area (TPSA) is 149 Å². The number of carbonyl (C=O) groups excluding carboxylic acids is 1. The van der Waals surface area contributed by atoms with Crippen LogP contribution in [0.4, 0.5) is 0 Å². The Morgan fingerprint density at radius 3 is 0.907 bits per heavy atom. The van der Waals surface area contributed by atoms with E-state index in [-0.39, 0.29) is 12.5 Å². The number of nitrogens with one attached hydrogen (secondary N) is 1. The van der Waals surface area contributed by atoms with Crippen molar-refractivity contribution in [2.45, 2.75) is 461 Å². The van der Waals surface area contributed by atoms with Crippen molar-refractivity contribution in [3.63, 3.8) is 0 Å². The van der Waals surface area contributed by atoms with Crippen LogP contribution in [0.15, 0.2) is 12.2 Å². The molecule has 1 aliphatic rings. The second-order valence-electron chi connectivity index (χ2n) is 27.5. The number of unbranched alkanes of at least 4 members (excludes halogenated alkanes) is 60. The standard InChI is InChI=1S/C77H151NO8/c1-3-5-7-9-11-13-15-17-19-21-23-25-27-29-31-33-34-35-36-37-38-39-41-43-45-47-49-51-53-55-57-59-61-63-65-67-73(81)78-70(69-85-77-76(84)75(83)74(82)72(68-79)86-77)71(80)66-64-62-60-58-56-54-52-50-48-46-44-42-40-32-30-28-26-24-22-20-18-16-14-12-10-8-6-4-2/h64,66,70-72,74-77,79-80,82-84H,3-63,65,67-69H2,1-2H3,(H,78,81)/b66-64+. The van der Waals surface area contributed by atoms with E-state index in [0.29, 0.717) is 6.42 Å². The molecule has 9 heteroatoms. The number of amides is 1. The number of ether oxygens (including phenoxy) is 2. The van der Waals surface area contributed by atoms with Crippen molar-refractivity contribution >= 4 is 5.91 Å². The Hall–Kier alpha value is -1.07. The van der Waals surface area contributed by atoms with E-state index >= 15 is 0 Å². The lowest BCUT2D eigenvalue weighted by molar-refractivity contribution is -0.302. The fourth-order valence-electron chi connectivity index (χ4n) is 13.0. The van der Waals surface area contributed by atoms with Gasteiger partial charge >= 0.3 is 0 Å². The monoisotopic (exact) mass is 1220 g/mol. The quantitative estimate of drug-likeness (QED) is 0.0261. The molecule has 1 heterocycles. The Balaban J connectivity index is 2.06. The van der Waals surface area contributed by atoms with Gasteiger partial charge in [0.25, 0.3) is 0 Å². The maximum atomic E-state index is 13.2. The first-order valence-corrected chi connectivity index (χ1v) is 38.9. The van der Waals surface area contributed by atoms with Gasteiger partial charge in [-0.15, -0.1) is 0 Å². The highest BCUT2D eigenvalue weighted by Crippen LogP contribution is 2.24. The van der Waals surface area contributed by atoms with Crippen molar-refractivity contribution in [1.82, 2.24) is 5.32 Å². The van der Waals surface area contributed by atoms with Crippen LogP contribution in [0, 0.1) is 0 Å². The van der Waals surface area contributed by atoms with Gasteiger partial charge in [-0.3, -0.25) is 4.79 Å². The third-order valence-electron chi connectivity index (χ3n) is 19.1. The average Bonchev–Trinajstić information content (AvgIpc) is 2.42. The lowest BCUT2D eigenvalue weighted by atomic mass is 9.99. The number of aliphatic hydroxyl groups is 5. The summed E-state index contributed by atoms with van der Waals surface area (Å²) in [7, 11) is 0. The molecule has 512 valence electrons. The second-order valence-corrected chi connectivity index (χ2v) is 27.5. The van der Waals surface area contributed by atoms with Crippen LogP contribution in [0.25, 0.3) is 0 Å². The highest BCUT2D eigenvalue weighted by Gasteiger charge is 2.44. The minimum Gasteiger partial charge on any atom is -0.394 e. The Morgan fingerprint density at radius 1 is 0.384 bits per heavy atom. The fraction of sp³-hybridized carbons (Fsp3) is 0.961. The zero-order valence-electron chi connectivity index (χ0n) is 57.6. The van der Waals surface area contributed by atoms with E-state index in [9.17, 15) is 30.3 Å². The van der Waals surface area contributed by atoms with Crippen LogP contribution < -0.4 is 5.32 Å². The SMILES string of the molecule is CCCCCCCCCCCCCCCCCCCCCCCCCCCC/C=C/C(O)C(COC1OC(CO)C(O)C(O)C1O)NC(=O)CCCCCCCCCCCCCCCCCCCCCCCCCCCCCCCCCCCCC. The molecular formula is C77H151NO8. The van der Waals surface area contributed by atoms with Crippen LogP contribution in [0.5, 0.6) is 0 Å². The third kappa shape index (κ3) is 54.6. The van der Waals surface area contributed by atoms with Crippen molar-refractivity contribution < 1.29 is 39.8 Å². The molecule has 0 saturated carbocycles. The summed E-state index contributed by atoms with van der Waals surface area (Å²) in [5.41, 5.74) is 0. The van der Waals surface area contributed by atoms with Gasteiger partial charge in [0, 0.05) is 6.42 Å². The van der Waals surface area contributed by atoms with Crippen molar-refractivity contribution in [2.24, 2.45) is 0 Å². The molecule has 6 N–H and O–H groups in total. The molecule has 0 aromatic rings. The molecule has 0 spiro atoms. The predicted molar refractivity (Wildman–Crippen MR) is 369 cm³/mol. The summed E-state index contributed by atoms with van der Waals surface area (Å²) in [4.78, 5) is 13.2. The van der Waals surface area contributed by atoms with Gasteiger partial charge in [-0.1, -0.05) is 405 Å². The Kier molecular flexibility index (Phi) is 64.5. The summed E-state index contributed by atoms with van der Waals surface area (Å²) in [6.45, 7) is 3.86. The van der Waals surface area contributed by atoms with E-state index in [1.807, 2.05) is 6.08 Å². The lowest BCUT2D eigenvalue weighted by Gasteiger charge is -2.40. The summed E-state index contributed by atoms with van der Waals surface area (Å²) in [5.74, 6) is -0.165. The molecule has 1 amide bonds. The fourth-order valence-corrected chi connectivity index (χ4v) is 13.0. The number of allylic oxidation sites excluding steroid dienone is 1. The highest BCUT2D eigenvalue weighted by atomic mass is 16.7. The lowest BCUT2D eigenvalue weighted by Crippen LogP contribution is -2.60. The van der Waals surface area contributed by atoms with Crippen LogP contribution >= 0.6 is 0 Å². The van der Waals surface area contributed by atoms with Gasteiger partial charge in [-0.2, -0.15) is 0 Å². The zero-order chi connectivity index (χ0) is 62.1. The van der Waals surface area contributed by atoms with Crippen LogP contribution in [-0.4, -0.2) is 87.5 Å². The molecule has 1 aliphatic heterocycles. The van der Waals surface area contributed by atoms with Crippen LogP contribution in [0.2, 0.25) is 0 Å². The van der Waals surface area contributed by atoms with Crippen LogP contribution in [-0.2, 0) is 14.3 Å². The van der Waals surface area contributed by atoms with E-state index in [1.165, 1.54) is 360 Å². The van der Waals surface area contributed by atoms with Crippen molar-refractivity contribution in [3.05, 3.63) is 12.2 Å². The first-order valence-electron chi connectivity index (χ1n) is 38.9. The minimum atomic E-state index is -1.57. The molecule has 1 rings (SSSR count). The van der Waals surface area contributed by atoms with Crippen LogP contribution in [0.3, 0.4) is 0 Å². The van der Waals surface area contributed by atoms with Gasteiger partial charge in [-0.05, 0) is 19.3 Å². The summed E-state index contributed by atoms with van der Waals surface area (Å²) >= 11 is 0. The van der Waals surface area contributed by atoms with E-state index in [4.69, 9.17) is 9.47 Å². The van der Waals surface area contributed by atoms with Crippen molar-refractivity contribution in [1.29, 1.82) is 0 Å². The van der Waals surface area contributed by atoms with Crippen molar-refractivity contribution in [3.8, 4) is 0 Å². The molecule has 7 atom stereocenters. The van der Waals surface area contributed by atoms with Gasteiger partial charge in [0.15, 0.2) is 6.29 Å². The second kappa shape index (κ2) is 66.8. The molecule has 1 saturated heterocycles. The average molecular weight is 1220 g/mol. The summed E-state index contributed by atoms with van der Waals surface area (Å²) in [6.07, 6.45) is 80.7. The Labute approximate surface area is 535 Å². The third-order valence-corrected chi connectivity index (χ3v) is 19.1. The van der Waals surface area contributed by atoms with E-state index in [1.54, 1.807) is 6.08 Å². The van der Waals surface area contributed by atoms with E-state index < -0.39 is 49.5 Å². The predicted octanol–water partition coefficient (Wildman–Crippen LogP) is 21.8. The van der Waals surface area contributed by atoms with Crippen LogP contribution in [0.1, 0.15) is 418 Å². The molecule has 9 nitrogen and oxygen atoms in total. The number of carbonyl (C=O) groups is 1. The molecule has 0 aromatic heterocycles. The molecule has 0 radical (unpaired) electrons. The van der Waals surface area contributed by atoms with Gasteiger partial charge in [0.1, 0.15) is 24.4 Å². The number of rotatable bonds is 70. The Morgan fingerprint density at radius 2 is 0.640 bits per heavy atom. The van der Waals surface area contributed by atoms with Gasteiger partial charge < -0.3 is 40.3 Å². The van der Waals surface area contributed by atoms with Crippen molar-refractivity contribution in [2.75, 3.05) is 13.2 Å². The molecule has 7 unspecified atom stereocenters. The molecular weight excluding hydrogens is 1070 g/mol. The van der Waals surface area contributed by atoms with E-state index in [2.05, 4.69) is 19.2 Å². The van der Waals surface area contributed by atoms with Gasteiger partial charge in [-0.25, -0.2) is 0 Å². The minimum absolute atomic E-state index is 0.165. The Bertz CT molecular complexity index is 1360. The summed E-state index contributed by atoms with van der Waals surface area (Å²) in [5, 5.41) is 54.9. The maximum Gasteiger partial charge on any atom is 0.220 e. The summed E-state index contributed by atoms with van der Waals surface area (Å²) < 4.78 is 11.3. The molecule has 86 heavy (non-hydrogen) atoms. The molecule has 0 bridgehead atoms. The molecule has 1 fully saturated rings. The summed E-state index contributed by atoms with van der Waals surface area (Å²) in [6, 6.07) is -0.803. The first kappa shape index (κ1) is 82.9. The smallest absolute Gasteiger partial charge is 0.220 e. The molecule has 0 aliphatic carbocycles. The first-order chi connectivity index (χ1) is 42.3. The van der Waals surface area contributed by atoms with Gasteiger partial charge in [0.2, 0.25) is 5.91 Å². The normalized spacial score (nSPS) is 18.0. The number of hydrogen-bond acceptors (Lipinski definition) is 8. The van der Waals surface area contributed by atoms with E-state index in [0.717, 1.165) is 38.5 Å². The highest BCUT2D eigenvalue weighted by molar-refractivity contribution is 5.76. The number of hydrogen-bond donors (Lipinski definition) is 6. The maximum absolute atomic E-state index is 13.2.